The Balaban J connectivity index is 2.22. The summed E-state index contributed by atoms with van der Waals surface area (Å²) in [6.45, 7) is 5.42. The van der Waals surface area contributed by atoms with E-state index in [0.29, 0.717) is 19.8 Å². The van der Waals surface area contributed by atoms with Gasteiger partial charge in [0.05, 0.1) is 19.3 Å². The van der Waals surface area contributed by atoms with Crippen molar-refractivity contribution in [2.75, 3.05) is 19.8 Å². The number of hydrogen-bond donors (Lipinski definition) is 0. The molecule has 1 aliphatic rings. The number of rotatable bonds is 2. The molecule has 0 saturated carbocycles. The first-order chi connectivity index (χ1) is 8.59. The Morgan fingerprint density at radius 2 is 2.06 bits per heavy atom. The van der Waals surface area contributed by atoms with Gasteiger partial charge in [0.2, 0.25) is 5.91 Å². The zero-order chi connectivity index (χ0) is 13.1. The molecule has 98 valence electrons. The van der Waals surface area contributed by atoms with Crippen molar-refractivity contribution >= 4 is 5.91 Å². The first-order valence-corrected chi connectivity index (χ1v) is 6.23. The number of hydrogen-bond acceptors (Lipinski definition) is 2. The number of carbonyl (C=O) groups excluding carboxylic acids is 1. The first kappa shape index (κ1) is 13.0. The Labute approximate surface area is 107 Å². The zero-order valence-electron chi connectivity index (χ0n) is 10.7. The van der Waals surface area contributed by atoms with Crippen molar-refractivity contribution in [3.05, 3.63) is 35.6 Å². The number of ether oxygens (including phenoxy) is 1. The van der Waals surface area contributed by atoms with Gasteiger partial charge < -0.3 is 9.64 Å². The van der Waals surface area contributed by atoms with Crippen LogP contribution in [0.1, 0.15) is 25.5 Å². The average molecular weight is 251 g/mol. The van der Waals surface area contributed by atoms with Crippen molar-refractivity contribution in [3.8, 4) is 0 Å². The molecule has 0 aromatic heterocycles. The molecule has 3 nitrogen and oxygen atoms in total. The molecule has 2 rings (SSSR count). The summed E-state index contributed by atoms with van der Waals surface area (Å²) in [5, 5.41) is 0. The summed E-state index contributed by atoms with van der Waals surface area (Å²) in [6, 6.07) is 6.17. The van der Waals surface area contributed by atoms with E-state index in [1.807, 2.05) is 18.7 Å². The van der Waals surface area contributed by atoms with E-state index < -0.39 is 0 Å². The molecule has 18 heavy (non-hydrogen) atoms. The molecular weight excluding hydrogens is 233 g/mol. The van der Waals surface area contributed by atoms with Gasteiger partial charge in [-0.1, -0.05) is 26.0 Å². The first-order valence-electron chi connectivity index (χ1n) is 6.23. The second-order valence-corrected chi connectivity index (χ2v) is 4.83. The molecule has 4 heteroatoms. The van der Waals surface area contributed by atoms with Gasteiger partial charge in [0.25, 0.3) is 0 Å². The highest BCUT2D eigenvalue weighted by atomic mass is 19.1. The Bertz CT molecular complexity index is 416. The molecule has 0 spiro atoms. The number of morpholine rings is 1. The largest absolute Gasteiger partial charge is 0.377 e. The number of nitrogens with zero attached hydrogens (tertiary/aromatic N) is 1. The minimum Gasteiger partial charge on any atom is -0.377 e. The van der Waals surface area contributed by atoms with Gasteiger partial charge in [0, 0.05) is 12.5 Å². The van der Waals surface area contributed by atoms with Crippen LogP contribution in [0.2, 0.25) is 0 Å². The van der Waals surface area contributed by atoms with Crippen molar-refractivity contribution in [1.29, 1.82) is 0 Å². The van der Waals surface area contributed by atoms with Crippen LogP contribution >= 0.6 is 0 Å². The molecule has 0 aliphatic carbocycles. The summed E-state index contributed by atoms with van der Waals surface area (Å²) in [7, 11) is 0. The van der Waals surface area contributed by atoms with Crippen LogP contribution in [0.3, 0.4) is 0 Å². The van der Waals surface area contributed by atoms with E-state index in [-0.39, 0.29) is 23.7 Å². The number of benzene rings is 1. The molecule has 0 N–H and O–H groups in total. The van der Waals surface area contributed by atoms with E-state index in [1.54, 1.807) is 12.1 Å². The topological polar surface area (TPSA) is 29.5 Å². The zero-order valence-corrected chi connectivity index (χ0v) is 10.7. The molecule has 1 fully saturated rings. The lowest BCUT2D eigenvalue weighted by Gasteiger charge is -2.37. The van der Waals surface area contributed by atoms with Gasteiger partial charge in [-0.3, -0.25) is 4.79 Å². The average Bonchev–Trinajstić information content (AvgIpc) is 2.39. The molecule has 1 amide bonds. The van der Waals surface area contributed by atoms with Crippen LogP contribution in [-0.4, -0.2) is 30.6 Å². The van der Waals surface area contributed by atoms with Crippen molar-refractivity contribution < 1.29 is 13.9 Å². The summed E-state index contributed by atoms with van der Waals surface area (Å²) >= 11 is 0. The van der Waals surface area contributed by atoms with Crippen molar-refractivity contribution in [2.24, 2.45) is 5.92 Å². The molecule has 1 saturated heterocycles. The Kier molecular flexibility index (Phi) is 3.97. The maximum atomic E-state index is 12.9. The summed E-state index contributed by atoms with van der Waals surface area (Å²) in [6.07, 6.45) is 0. The molecule has 1 heterocycles. The maximum Gasteiger partial charge on any atom is 0.225 e. The van der Waals surface area contributed by atoms with Gasteiger partial charge in [-0.25, -0.2) is 4.39 Å². The minimum atomic E-state index is -0.266. The Hall–Kier alpha value is -1.42. The van der Waals surface area contributed by atoms with E-state index in [4.69, 9.17) is 4.74 Å². The Morgan fingerprint density at radius 3 is 2.67 bits per heavy atom. The molecule has 0 radical (unpaired) electrons. The Morgan fingerprint density at radius 1 is 1.39 bits per heavy atom. The molecule has 1 unspecified atom stereocenters. The predicted molar refractivity (Wildman–Crippen MR) is 66.5 cm³/mol. The van der Waals surface area contributed by atoms with Gasteiger partial charge >= 0.3 is 0 Å². The van der Waals surface area contributed by atoms with E-state index >= 15 is 0 Å². The number of halogens is 1. The minimum absolute atomic E-state index is 0.0361. The van der Waals surface area contributed by atoms with Crippen LogP contribution < -0.4 is 0 Å². The summed E-state index contributed by atoms with van der Waals surface area (Å²) < 4.78 is 18.4. The summed E-state index contributed by atoms with van der Waals surface area (Å²) in [5.74, 6) is -0.184. The molecule has 1 aromatic rings. The van der Waals surface area contributed by atoms with Crippen molar-refractivity contribution in [3.63, 3.8) is 0 Å². The molecular formula is C14H18FNO2. The van der Waals surface area contributed by atoms with Crippen LogP contribution in [0.25, 0.3) is 0 Å². The van der Waals surface area contributed by atoms with E-state index in [2.05, 4.69) is 0 Å². The number of carbonyl (C=O) groups is 1. The second kappa shape index (κ2) is 5.48. The quantitative estimate of drug-likeness (QED) is 0.807. The van der Waals surface area contributed by atoms with Gasteiger partial charge in [-0.2, -0.15) is 0 Å². The molecule has 0 bridgehead atoms. The highest BCUT2D eigenvalue weighted by molar-refractivity contribution is 5.78. The van der Waals surface area contributed by atoms with Crippen LogP contribution in [0.4, 0.5) is 4.39 Å². The lowest BCUT2D eigenvalue weighted by Crippen LogP contribution is -2.45. The number of amides is 1. The van der Waals surface area contributed by atoms with Gasteiger partial charge in [-0.05, 0) is 17.7 Å². The van der Waals surface area contributed by atoms with Gasteiger partial charge in [0.15, 0.2) is 0 Å². The normalized spacial score (nSPS) is 20.2. The third kappa shape index (κ3) is 2.70. The highest BCUT2D eigenvalue weighted by Crippen LogP contribution is 2.25. The second-order valence-electron chi connectivity index (χ2n) is 4.83. The van der Waals surface area contributed by atoms with Crippen LogP contribution in [-0.2, 0) is 9.53 Å². The van der Waals surface area contributed by atoms with Crippen LogP contribution in [0, 0.1) is 11.7 Å². The van der Waals surface area contributed by atoms with Crippen molar-refractivity contribution in [1.82, 2.24) is 4.90 Å². The van der Waals surface area contributed by atoms with Crippen LogP contribution in [0.5, 0.6) is 0 Å². The fourth-order valence-corrected chi connectivity index (χ4v) is 2.16. The molecule has 1 aliphatic heterocycles. The van der Waals surface area contributed by atoms with Gasteiger partial charge in [-0.15, -0.1) is 0 Å². The fourth-order valence-electron chi connectivity index (χ4n) is 2.16. The summed E-state index contributed by atoms with van der Waals surface area (Å²) in [4.78, 5) is 14.0. The fraction of sp³-hybridized carbons (Fsp3) is 0.500. The third-order valence-corrected chi connectivity index (χ3v) is 3.16. The lowest BCUT2D eigenvalue weighted by atomic mass is 10.0. The van der Waals surface area contributed by atoms with E-state index in [0.717, 1.165) is 5.56 Å². The van der Waals surface area contributed by atoms with E-state index in [9.17, 15) is 9.18 Å². The smallest absolute Gasteiger partial charge is 0.225 e. The van der Waals surface area contributed by atoms with Crippen molar-refractivity contribution in [2.45, 2.75) is 19.9 Å². The predicted octanol–water partition coefficient (Wildman–Crippen LogP) is 2.38. The van der Waals surface area contributed by atoms with Gasteiger partial charge in [0.1, 0.15) is 5.82 Å². The molecule has 1 atom stereocenters. The molecule has 1 aromatic carbocycles. The maximum absolute atomic E-state index is 12.9. The standard InChI is InChI=1S/C14H18FNO2/c1-10(2)14(17)16-7-8-18-9-13(16)11-3-5-12(15)6-4-11/h3-6,10,13H,7-9H2,1-2H3. The summed E-state index contributed by atoms with van der Waals surface area (Å²) in [5.41, 5.74) is 0.921. The monoisotopic (exact) mass is 251 g/mol. The SMILES string of the molecule is CC(C)C(=O)N1CCOCC1c1ccc(F)cc1. The lowest BCUT2D eigenvalue weighted by molar-refractivity contribution is -0.143. The van der Waals surface area contributed by atoms with E-state index in [1.165, 1.54) is 12.1 Å². The van der Waals surface area contributed by atoms with Crippen LogP contribution in [0.15, 0.2) is 24.3 Å². The highest BCUT2D eigenvalue weighted by Gasteiger charge is 2.29. The third-order valence-electron chi connectivity index (χ3n) is 3.16.